The van der Waals surface area contributed by atoms with Crippen LogP contribution in [0.25, 0.3) is 22.4 Å². The summed E-state index contributed by atoms with van der Waals surface area (Å²) in [4.78, 5) is 34.1. The van der Waals surface area contributed by atoms with Gasteiger partial charge >= 0.3 is 6.18 Å². The van der Waals surface area contributed by atoms with Crippen molar-refractivity contribution in [1.82, 2.24) is 24.8 Å². The molecule has 1 fully saturated rings. The molecule has 0 aliphatic carbocycles. The number of piperazine rings is 1. The van der Waals surface area contributed by atoms with Crippen LogP contribution in [0.1, 0.15) is 41.3 Å². The van der Waals surface area contributed by atoms with E-state index in [9.17, 15) is 18.0 Å². The number of rotatable bonds is 6. The van der Waals surface area contributed by atoms with Crippen molar-refractivity contribution < 1.29 is 27.1 Å². The first-order valence-electron chi connectivity index (χ1n) is 12.3. The number of nitrogens with two attached hydrogens (primary N) is 1. The Morgan fingerprint density at radius 1 is 1.10 bits per heavy atom. The highest BCUT2D eigenvalue weighted by Crippen LogP contribution is 2.37. The van der Waals surface area contributed by atoms with Gasteiger partial charge in [0, 0.05) is 49.5 Å². The lowest BCUT2D eigenvalue weighted by molar-refractivity contribution is -0.140. The van der Waals surface area contributed by atoms with Gasteiger partial charge in [0.25, 0.3) is 5.91 Å². The number of nitrogens with zero attached hydrogens (tertiary/aromatic N) is 6. The Bertz CT molecular complexity index is 1490. The molecule has 5 rings (SSSR count). The number of ether oxygens (including phenoxy) is 1. The molecule has 0 radical (unpaired) electrons. The van der Waals surface area contributed by atoms with Crippen LogP contribution in [0.3, 0.4) is 0 Å². The minimum atomic E-state index is -4.63. The van der Waals surface area contributed by atoms with Crippen LogP contribution in [0.5, 0.6) is 5.75 Å². The highest BCUT2D eigenvalue weighted by molar-refractivity contribution is 5.98. The van der Waals surface area contributed by atoms with Gasteiger partial charge in [0.15, 0.2) is 11.5 Å². The predicted octanol–water partition coefficient (Wildman–Crippen LogP) is 4.08. The van der Waals surface area contributed by atoms with Gasteiger partial charge in [-0.15, -0.1) is 0 Å². The van der Waals surface area contributed by atoms with Crippen molar-refractivity contribution in [2.24, 2.45) is 5.73 Å². The Morgan fingerprint density at radius 3 is 2.46 bits per heavy atom. The highest BCUT2D eigenvalue weighted by atomic mass is 19.4. The molecule has 1 saturated heterocycles. The maximum Gasteiger partial charge on any atom is 0.433 e. The number of alkyl halides is 3. The smallest absolute Gasteiger partial charge is 0.433 e. The van der Waals surface area contributed by atoms with Crippen LogP contribution in [0, 0.1) is 0 Å². The summed E-state index contributed by atoms with van der Waals surface area (Å²) >= 11 is 0. The summed E-state index contributed by atoms with van der Waals surface area (Å²) in [7, 11) is 1.35. The zero-order valence-corrected chi connectivity index (χ0v) is 21.3. The summed E-state index contributed by atoms with van der Waals surface area (Å²) in [6.45, 7) is 3.74. The van der Waals surface area contributed by atoms with Gasteiger partial charge in [-0.2, -0.15) is 13.2 Å². The van der Waals surface area contributed by atoms with Gasteiger partial charge in [0.1, 0.15) is 17.0 Å². The van der Waals surface area contributed by atoms with E-state index in [1.165, 1.54) is 19.2 Å². The summed E-state index contributed by atoms with van der Waals surface area (Å²) in [5.41, 5.74) is 5.67. The summed E-state index contributed by atoms with van der Waals surface area (Å²) < 4.78 is 51.3. The van der Waals surface area contributed by atoms with Gasteiger partial charge in [-0.05, 0) is 36.8 Å². The van der Waals surface area contributed by atoms with Gasteiger partial charge in [-0.1, -0.05) is 6.92 Å². The molecular weight excluding hydrogens is 515 g/mol. The SMILES string of the molecule is CCC(N)c1oc(-c2ccc(OC)c3nc(C(F)(F)F)ccc23)nc1C(=O)N1CCN(c2ncccn2)CC1. The number of oxazole rings is 1. The van der Waals surface area contributed by atoms with Gasteiger partial charge in [0.05, 0.1) is 13.2 Å². The van der Waals surface area contributed by atoms with Crippen molar-refractivity contribution in [2.75, 3.05) is 38.2 Å². The lowest BCUT2D eigenvalue weighted by Gasteiger charge is -2.34. The fraction of sp³-hybridized carbons (Fsp3) is 0.346. The average molecular weight is 542 g/mol. The Balaban J connectivity index is 1.50. The number of carbonyl (C=O) groups is 1. The second kappa shape index (κ2) is 10.5. The third kappa shape index (κ3) is 5.09. The summed E-state index contributed by atoms with van der Waals surface area (Å²) in [6, 6.07) is 6.40. The molecule has 39 heavy (non-hydrogen) atoms. The van der Waals surface area contributed by atoms with Gasteiger partial charge in [-0.3, -0.25) is 4.79 Å². The molecule has 1 aliphatic rings. The fourth-order valence-electron chi connectivity index (χ4n) is 4.45. The normalized spacial score (nSPS) is 15.0. The first-order chi connectivity index (χ1) is 18.7. The van der Waals surface area contributed by atoms with Crippen molar-refractivity contribution >= 4 is 22.8 Å². The Labute approximate surface area is 221 Å². The van der Waals surface area contributed by atoms with E-state index in [4.69, 9.17) is 14.9 Å². The largest absolute Gasteiger partial charge is 0.494 e. The number of aromatic nitrogens is 4. The maximum absolute atomic E-state index is 13.6. The lowest BCUT2D eigenvalue weighted by atomic mass is 10.1. The molecule has 10 nitrogen and oxygen atoms in total. The summed E-state index contributed by atoms with van der Waals surface area (Å²) in [6.07, 6.45) is -0.821. The van der Waals surface area contributed by atoms with Crippen LogP contribution in [0.4, 0.5) is 19.1 Å². The van der Waals surface area contributed by atoms with E-state index in [0.29, 0.717) is 49.5 Å². The molecule has 2 N–H and O–H groups in total. The van der Waals surface area contributed by atoms with Crippen molar-refractivity contribution in [3.63, 3.8) is 0 Å². The topological polar surface area (TPSA) is 124 Å². The molecule has 0 bridgehead atoms. The number of anilines is 1. The molecule has 1 aromatic carbocycles. The van der Waals surface area contributed by atoms with Gasteiger partial charge < -0.3 is 24.7 Å². The minimum absolute atomic E-state index is 0.00325. The van der Waals surface area contributed by atoms with Crippen LogP contribution < -0.4 is 15.4 Å². The molecule has 204 valence electrons. The molecular formula is C26H26F3N7O3. The molecule has 1 aliphatic heterocycles. The summed E-state index contributed by atoms with van der Waals surface area (Å²) in [5.74, 6) is 0.690. The first-order valence-corrected chi connectivity index (χ1v) is 12.3. The molecule has 4 aromatic rings. The van der Waals surface area contributed by atoms with Crippen molar-refractivity contribution in [1.29, 1.82) is 0 Å². The number of hydrogen-bond donors (Lipinski definition) is 1. The van der Waals surface area contributed by atoms with Crippen molar-refractivity contribution in [2.45, 2.75) is 25.6 Å². The highest BCUT2D eigenvalue weighted by Gasteiger charge is 2.34. The van der Waals surface area contributed by atoms with E-state index in [1.54, 1.807) is 29.4 Å². The quantitative estimate of drug-likeness (QED) is 0.385. The number of hydrogen-bond acceptors (Lipinski definition) is 9. The second-order valence-electron chi connectivity index (χ2n) is 8.98. The van der Waals surface area contributed by atoms with E-state index in [2.05, 4.69) is 19.9 Å². The molecule has 1 atom stereocenters. The zero-order valence-electron chi connectivity index (χ0n) is 21.3. The molecule has 1 unspecified atom stereocenters. The minimum Gasteiger partial charge on any atom is -0.494 e. The Hall–Kier alpha value is -4.26. The number of carbonyl (C=O) groups excluding carboxylic acids is 1. The van der Waals surface area contributed by atoms with Gasteiger partial charge in [0.2, 0.25) is 11.8 Å². The van der Waals surface area contributed by atoms with E-state index in [1.807, 2.05) is 11.8 Å². The molecule has 4 heterocycles. The number of benzene rings is 1. The molecule has 13 heteroatoms. The molecule has 0 saturated carbocycles. The van der Waals surface area contributed by atoms with Gasteiger partial charge in [-0.25, -0.2) is 19.9 Å². The third-order valence-corrected chi connectivity index (χ3v) is 6.60. The molecule has 0 spiro atoms. The van der Waals surface area contributed by atoms with Crippen LogP contribution in [-0.2, 0) is 6.18 Å². The van der Waals surface area contributed by atoms with Crippen LogP contribution in [0.15, 0.2) is 47.1 Å². The van der Waals surface area contributed by atoms with E-state index in [0.717, 1.165) is 6.07 Å². The standard InChI is InChI=1S/C26H26F3N7O3/c1-3-17(30)22-21(24(37)35-11-13-36(14-12-35)25-31-9-4-10-32-25)34-23(39-22)16-5-7-18(38-2)20-15(16)6-8-19(33-20)26(27,28)29/h4-10,17H,3,11-14,30H2,1-2H3. The maximum atomic E-state index is 13.6. The fourth-order valence-corrected chi connectivity index (χ4v) is 4.45. The van der Waals surface area contributed by atoms with Crippen molar-refractivity contribution in [3.05, 3.63) is 59.9 Å². The molecule has 3 aromatic heterocycles. The van der Waals surface area contributed by atoms with Crippen molar-refractivity contribution in [3.8, 4) is 17.2 Å². The van der Waals surface area contributed by atoms with E-state index in [-0.39, 0.29) is 34.5 Å². The number of halogens is 3. The number of pyridine rings is 1. The predicted molar refractivity (Wildman–Crippen MR) is 136 cm³/mol. The van der Waals surface area contributed by atoms with Crippen LogP contribution >= 0.6 is 0 Å². The zero-order chi connectivity index (χ0) is 27.7. The second-order valence-corrected chi connectivity index (χ2v) is 8.98. The van der Waals surface area contributed by atoms with E-state index >= 15 is 0 Å². The summed E-state index contributed by atoms with van der Waals surface area (Å²) in [5, 5.41) is 0.329. The molecule has 1 amide bonds. The monoisotopic (exact) mass is 541 g/mol. The number of amides is 1. The first kappa shape index (κ1) is 26.4. The van der Waals surface area contributed by atoms with E-state index < -0.39 is 17.9 Å². The lowest BCUT2D eigenvalue weighted by Crippen LogP contribution is -2.49. The number of methoxy groups -OCH3 is 1. The van der Waals surface area contributed by atoms with Crippen LogP contribution in [0.2, 0.25) is 0 Å². The Morgan fingerprint density at radius 2 is 1.82 bits per heavy atom. The number of fused-ring (bicyclic) bond motifs is 1. The van der Waals surface area contributed by atoms with Crippen LogP contribution in [-0.4, -0.2) is 64.0 Å². The Kier molecular flexibility index (Phi) is 7.08. The average Bonchev–Trinajstić information content (AvgIpc) is 3.41. The third-order valence-electron chi connectivity index (χ3n) is 6.60.